The van der Waals surface area contributed by atoms with Crippen molar-refractivity contribution in [1.82, 2.24) is 5.32 Å². The molecule has 1 fully saturated rings. The van der Waals surface area contributed by atoms with Crippen LogP contribution in [-0.4, -0.2) is 33.1 Å². The van der Waals surface area contributed by atoms with Crippen LogP contribution >= 0.6 is 0 Å². The molecular formula is C5H11NO2. The maximum atomic E-state index is 8.00. The zero-order chi connectivity index (χ0) is 6.24. The summed E-state index contributed by atoms with van der Waals surface area (Å²) in [4.78, 5) is 8.00. The third-order valence-electron chi connectivity index (χ3n) is 0.846. The van der Waals surface area contributed by atoms with Crippen molar-refractivity contribution >= 4 is 6.79 Å². The van der Waals surface area contributed by atoms with E-state index >= 15 is 0 Å². The van der Waals surface area contributed by atoms with Gasteiger partial charge in [0.25, 0.3) is 0 Å². The second-order valence-corrected chi connectivity index (χ2v) is 1.36. The van der Waals surface area contributed by atoms with E-state index in [9.17, 15) is 0 Å². The molecule has 0 saturated carbocycles. The van der Waals surface area contributed by atoms with E-state index in [1.165, 1.54) is 0 Å². The molecule has 1 N–H and O–H groups in total. The number of ether oxygens (including phenoxy) is 1. The lowest BCUT2D eigenvalue weighted by molar-refractivity contribution is -0.0979. The van der Waals surface area contributed by atoms with E-state index < -0.39 is 0 Å². The molecule has 0 spiro atoms. The summed E-state index contributed by atoms with van der Waals surface area (Å²) in [7, 11) is 0. The number of rotatable bonds is 0. The van der Waals surface area contributed by atoms with Crippen LogP contribution in [0.5, 0.6) is 0 Å². The molecule has 3 nitrogen and oxygen atoms in total. The van der Waals surface area contributed by atoms with Crippen LogP contribution in [0.25, 0.3) is 0 Å². The molecule has 3 heteroatoms. The fourth-order valence-corrected chi connectivity index (χ4v) is 0.516. The molecule has 0 aliphatic carbocycles. The zero-order valence-corrected chi connectivity index (χ0v) is 4.85. The summed E-state index contributed by atoms with van der Waals surface area (Å²) in [5.74, 6) is 0. The van der Waals surface area contributed by atoms with Gasteiger partial charge in [-0.25, -0.2) is 0 Å². The normalized spacial score (nSPS) is 18.5. The molecule has 1 aliphatic heterocycles. The van der Waals surface area contributed by atoms with Crippen molar-refractivity contribution in [2.75, 3.05) is 26.3 Å². The van der Waals surface area contributed by atoms with Crippen molar-refractivity contribution in [3.63, 3.8) is 0 Å². The molecule has 1 heterocycles. The molecule has 0 aromatic carbocycles. The summed E-state index contributed by atoms with van der Waals surface area (Å²) >= 11 is 0. The van der Waals surface area contributed by atoms with Crippen LogP contribution in [0.2, 0.25) is 0 Å². The Morgan fingerprint density at radius 2 is 1.75 bits per heavy atom. The van der Waals surface area contributed by atoms with Crippen LogP contribution in [0, 0.1) is 0 Å². The lowest BCUT2D eigenvalue weighted by Crippen LogP contribution is -2.30. The summed E-state index contributed by atoms with van der Waals surface area (Å²) in [6.07, 6.45) is 0. The van der Waals surface area contributed by atoms with E-state index in [4.69, 9.17) is 9.53 Å². The minimum atomic E-state index is 0.889. The van der Waals surface area contributed by atoms with Gasteiger partial charge in [0, 0.05) is 13.1 Å². The minimum absolute atomic E-state index is 0.889. The highest BCUT2D eigenvalue weighted by molar-refractivity contribution is 5.10. The SMILES string of the molecule is C1COCCN1.C=O. The number of hydrogen-bond acceptors (Lipinski definition) is 3. The number of morpholine rings is 1. The molecule has 0 bridgehead atoms. The smallest absolute Gasteiger partial charge is 0.106 e. The molecule has 0 amide bonds. The van der Waals surface area contributed by atoms with Crippen molar-refractivity contribution < 1.29 is 9.53 Å². The third-order valence-corrected chi connectivity index (χ3v) is 0.846. The first-order valence-electron chi connectivity index (χ1n) is 2.57. The molecule has 0 aromatic rings. The van der Waals surface area contributed by atoms with E-state index in [2.05, 4.69) is 5.32 Å². The Kier molecular flexibility index (Phi) is 6.25. The molecule has 0 radical (unpaired) electrons. The molecule has 1 rings (SSSR count). The fourth-order valence-electron chi connectivity index (χ4n) is 0.516. The summed E-state index contributed by atoms with van der Waals surface area (Å²) in [5, 5.41) is 3.16. The first kappa shape index (κ1) is 7.59. The van der Waals surface area contributed by atoms with Crippen molar-refractivity contribution in [3.05, 3.63) is 0 Å². The zero-order valence-electron chi connectivity index (χ0n) is 4.85. The molecule has 8 heavy (non-hydrogen) atoms. The predicted molar refractivity (Wildman–Crippen MR) is 30.8 cm³/mol. The number of carbonyl (C=O) groups excluding carboxylic acids is 1. The van der Waals surface area contributed by atoms with Gasteiger partial charge in [0.1, 0.15) is 6.79 Å². The molecule has 1 saturated heterocycles. The van der Waals surface area contributed by atoms with E-state index in [0.29, 0.717) is 0 Å². The summed E-state index contributed by atoms with van der Waals surface area (Å²) in [5.41, 5.74) is 0. The molecule has 0 aromatic heterocycles. The third kappa shape index (κ3) is 3.77. The highest BCUT2D eigenvalue weighted by Crippen LogP contribution is 1.76. The van der Waals surface area contributed by atoms with Gasteiger partial charge in [-0.2, -0.15) is 0 Å². The highest BCUT2D eigenvalue weighted by atomic mass is 16.5. The van der Waals surface area contributed by atoms with Gasteiger partial charge in [-0.15, -0.1) is 0 Å². The summed E-state index contributed by atoms with van der Waals surface area (Å²) < 4.78 is 5.01. The molecular weight excluding hydrogens is 106 g/mol. The van der Waals surface area contributed by atoms with E-state index in [0.717, 1.165) is 26.3 Å². The first-order valence-corrected chi connectivity index (χ1v) is 2.57. The highest BCUT2D eigenvalue weighted by Gasteiger charge is 1.92. The van der Waals surface area contributed by atoms with Crippen LogP contribution in [0.3, 0.4) is 0 Å². The van der Waals surface area contributed by atoms with Gasteiger partial charge in [0.2, 0.25) is 0 Å². The lowest BCUT2D eigenvalue weighted by atomic mass is 10.5. The van der Waals surface area contributed by atoms with Gasteiger partial charge < -0.3 is 14.8 Å². The number of hydrogen-bond donors (Lipinski definition) is 1. The second kappa shape index (κ2) is 6.59. The van der Waals surface area contributed by atoms with Gasteiger partial charge in [-0.05, 0) is 0 Å². The summed E-state index contributed by atoms with van der Waals surface area (Å²) in [6.45, 7) is 5.83. The van der Waals surface area contributed by atoms with Crippen molar-refractivity contribution in [3.8, 4) is 0 Å². The Labute approximate surface area is 49.0 Å². The van der Waals surface area contributed by atoms with E-state index in [1.807, 2.05) is 6.79 Å². The van der Waals surface area contributed by atoms with Crippen molar-refractivity contribution in [2.24, 2.45) is 0 Å². The monoisotopic (exact) mass is 117 g/mol. The number of nitrogens with one attached hydrogen (secondary N) is 1. The van der Waals surface area contributed by atoms with Crippen LogP contribution in [0.4, 0.5) is 0 Å². The first-order chi connectivity index (χ1) is 4.00. The largest absolute Gasteiger partial charge is 0.379 e. The number of carbonyl (C=O) groups is 1. The van der Waals surface area contributed by atoms with Crippen molar-refractivity contribution in [2.45, 2.75) is 0 Å². The van der Waals surface area contributed by atoms with Gasteiger partial charge in [0.15, 0.2) is 0 Å². The van der Waals surface area contributed by atoms with Crippen LogP contribution in [0.15, 0.2) is 0 Å². The molecule has 48 valence electrons. The average molecular weight is 117 g/mol. The molecule has 0 unspecified atom stereocenters. The topological polar surface area (TPSA) is 38.3 Å². The van der Waals surface area contributed by atoms with Crippen LogP contribution < -0.4 is 5.32 Å². The maximum absolute atomic E-state index is 8.00. The fraction of sp³-hybridized carbons (Fsp3) is 0.800. The molecule has 1 aliphatic rings. The Balaban J connectivity index is 0.000000222. The van der Waals surface area contributed by atoms with E-state index in [-0.39, 0.29) is 0 Å². The maximum Gasteiger partial charge on any atom is 0.106 e. The standard InChI is InChI=1S/C4H9NO.CH2O/c1-3-6-4-2-5-1;1-2/h5H,1-4H2;1H2. The van der Waals surface area contributed by atoms with Gasteiger partial charge in [0.05, 0.1) is 13.2 Å². The minimum Gasteiger partial charge on any atom is -0.379 e. The molecule has 0 atom stereocenters. The van der Waals surface area contributed by atoms with E-state index in [1.54, 1.807) is 0 Å². The van der Waals surface area contributed by atoms with Gasteiger partial charge in [-0.1, -0.05) is 0 Å². The Hall–Kier alpha value is -0.410. The van der Waals surface area contributed by atoms with Crippen LogP contribution in [0.1, 0.15) is 0 Å². The quantitative estimate of drug-likeness (QED) is 0.461. The van der Waals surface area contributed by atoms with Crippen molar-refractivity contribution in [1.29, 1.82) is 0 Å². The lowest BCUT2D eigenvalue weighted by Gasteiger charge is -2.10. The van der Waals surface area contributed by atoms with Crippen LogP contribution in [-0.2, 0) is 9.53 Å². The van der Waals surface area contributed by atoms with Gasteiger partial charge >= 0.3 is 0 Å². The average Bonchev–Trinajstić information content (AvgIpc) is 1.96. The van der Waals surface area contributed by atoms with Gasteiger partial charge in [-0.3, -0.25) is 0 Å². The predicted octanol–water partition coefficient (Wildman–Crippen LogP) is -0.579. The second-order valence-electron chi connectivity index (χ2n) is 1.36. The Morgan fingerprint density at radius 1 is 1.25 bits per heavy atom. The summed E-state index contributed by atoms with van der Waals surface area (Å²) in [6, 6.07) is 0. The Morgan fingerprint density at radius 3 is 1.88 bits per heavy atom. The Bertz CT molecular complexity index is 34.2.